The fourth-order valence-electron chi connectivity index (χ4n) is 5.16. The highest BCUT2D eigenvalue weighted by Gasteiger charge is 2.46. The van der Waals surface area contributed by atoms with E-state index in [1.54, 1.807) is 0 Å². The normalized spacial score (nSPS) is 12.7. The number of halogens is 1. The van der Waals surface area contributed by atoms with Gasteiger partial charge in [-0.15, -0.1) is 0 Å². The van der Waals surface area contributed by atoms with E-state index in [9.17, 15) is 39.6 Å². The van der Waals surface area contributed by atoms with E-state index in [-0.39, 0.29) is 27.8 Å². The number of para-hydroxylation sites is 2. The third kappa shape index (κ3) is 5.80. The summed E-state index contributed by atoms with van der Waals surface area (Å²) in [7, 11) is 0. The molecule has 5 aromatic rings. The van der Waals surface area contributed by atoms with Gasteiger partial charge in [0.25, 0.3) is 5.84 Å². The number of carboxylic acid groups (broad SMARTS) is 4. The van der Waals surface area contributed by atoms with Crippen molar-refractivity contribution in [2.24, 2.45) is 15.5 Å². The van der Waals surface area contributed by atoms with Crippen LogP contribution in [0.5, 0.6) is 0 Å². The van der Waals surface area contributed by atoms with E-state index in [1.165, 1.54) is 24.3 Å². The molecule has 0 unspecified atom stereocenters. The maximum Gasteiger partial charge on any atom is 0.337 e. The number of fused-ring (bicyclic) bond motifs is 1. The van der Waals surface area contributed by atoms with Crippen LogP contribution < -0.4 is 17.0 Å². The summed E-state index contributed by atoms with van der Waals surface area (Å²) in [5.74, 6) is -6.19. The monoisotopic (exact) mass is 638 g/mol. The molecule has 0 amide bonds. The van der Waals surface area contributed by atoms with Crippen molar-refractivity contribution < 1.29 is 52.0 Å². The number of nitrogens with zero attached hydrogens (tertiary/aromatic N) is 4. The molecule has 13 heteroatoms. The first-order valence-corrected chi connectivity index (χ1v) is 13.3. The quantitative estimate of drug-likeness (QED) is 0.194. The Morgan fingerprint density at radius 3 is 1.20 bits per heavy atom. The third-order valence-electron chi connectivity index (χ3n) is 6.98. The van der Waals surface area contributed by atoms with Crippen LogP contribution in [-0.4, -0.2) is 50.1 Å². The van der Waals surface area contributed by atoms with E-state index in [2.05, 4.69) is 39.8 Å². The van der Waals surface area contributed by atoms with Gasteiger partial charge >= 0.3 is 23.9 Å². The summed E-state index contributed by atoms with van der Waals surface area (Å²) < 4.78 is 0.145. The zero-order valence-electron chi connectivity index (χ0n) is 23.6. The number of amidine groups is 1. The first-order valence-electron chi connectivity index (χ1n) is 13.3. The van der Waals surface area contributed by atoms with Gasteiger partial charge in [0, 0.05) is 29.5 Å². The minimum atomic E-state index is -1.83. The molecule has 12 nitrogen and oxygen atoms in total. The molecule has 1 heterocycles. The van der Waals surface area contributed by atoms with Crippen LogP contribution in [-0.2, 0) is 0 Å². The average Bonchev–Trinajstić information content (AvgIpc) is 3.51. The molecule has 0 aliphatic carbocycles. The molecule has 0 saturated heterocycles. The summed E-state index contributed by atoms with van der Waals surface area (Å²) in [6, 6.07) is 35.5. The van der Waals surface area contributed by atoms with Crippen LogP contribution in [0.1, 0.15) is 47.0 Å². The lowest BCUT2D eigenvalue weighted by molar-refractivity contribution is -0.0000648. The SMILES string of the molecule is O=C(O)c1c(C(=O)O)c(C(=O)O)c2ccccc2c1C(=O)O.[Cl-].c1ccc(C2=NN=N[N+]2(c2ccccc2)c2ccccc2)cc1. The Morgan fingerprint density at radius 2 is 0.826 bits per heavy atom. The fourth-order valence-corrected chi connectivity index (χ4v) is 5.16. The molecule has 0 atom stereocenters. The van der Waals surface area contributed by atoms with Crippen LogP contribution >= 0.6 is 0 Å². The molecule has 0 aromatic heterocycles. The number of benzene rings is 5. The van der Waals surface area contributed by atoms with Crippen LogP contribution in [0.25, 0.3) is 10.8 Å². The molecule has 0 saturated carbocycles. The molecule has 46 heavy (non-hydrogen) atoms. The molecule has 0 radical (unpaired) electrons. The standard InChI is InChI=1S/C19H15N4.C14H8O8.ClH/c1-4-10-16(11-5-1)19-20-21-22-23(19,17-12-6-2-7-13-17)18-14-8-3-9-15-18;15-11(16)7-5-3-1-2-4-6(5)8(12(17)18)10(14(21)22)9(7)13(19)20;/h1-15H;1-4H,(H,15,16)(H,17,18)(H,19,20)(H,21,22);1H/q+1;;/p-1. The molecule has 1 aliphatic heterocycles. The van der Waals surface area contributed by atoms with E-state index in [1.807, 2.05) is 66.7 Å². The molecule has 6 rings (SSSR count). The van der Waals surface area contributed by atoms with Crippen LogP contribution in [0.4, 0.5) is 11.4 Å². The Balaban J connectivity index is 0.000000205. The van der Waals surface area contributed by atoms with Crippen LogP contribution in [0.2, 0.25) is 0 Å². The zero-order valence-corrected chi connectivity index (χ0v) is 24.3. The largest absolute Gasteiger partial charge is 1.00 e. The highest BCUT2D eigenvalue weighted by Crippen LogP contribution is 2.40. The Hall–Kier alpha value is -6.24. The van der Waals surface area contributed by atoms with E-state index >= 15 is 0 Å². The minimum absolute atomic E-state index is 0. The molecule has 5 aromatic carbocycles. The van der Waals surface area contributed by atoms with Gasteiger partial charge < -0.3 is 32.8 Å². The second kappa shape index (κ2) is 13.6. The Kier molecular flexibility index (Phi) is 9.65. The fraction of sp³-hybridized carbons (Fsp3) is 0. The maximum atomic E-state index is 11.4. The van der Waals surface area contributed by atoms with E-state index in [0.29, 0.717) is 0 Å². The smallest absolute Gasteiger partial charge is 0.337 e. The predicted octanol–water partition coefficient (Wildman–Crippen LogP) is 3.70. The molecule has 0 spiro atoms. The van der Waals surface area contributed by atoms with Crippen molar-refractivity contribution in [3.05, 3.63) is 143 Å². The first kappa shape index (κ1) is 32.7. The van der Waals surface area contributed by atoms with Crippen LogP contribution in [0.3, 0.4) is 0 Å². The average molecular weight is 639 g/mol. The highest BCUT2D eigenvalue weighted by molar-refractivity contribution is 6.23. The predicted molar refractivity (Wildman–Crippen MR) is 164 cm³/mol. The van der Waals surface area contributed by atoms with Crippen molar-refractivity contribution in [2.75, 3.05) is 0 Å². The molecule has 0 fully saturated rings. The third-order valence-corrected chi connectivity index (χ3v) is 6.98. The number of carboxylic acids is 4. The number of aromatic carboxylic acids is 4. The summed E-state index contributed by atoms with van der Waals surface area (Å²) in [6.07, 6.45) is 0. The van der Waals surface area contributed by atoms with Crippen LogP contribution in [0.15, 0.2) is 131 Å². The Morgan fingerprint density at radius 1 is 0.478 bits per heavy atom. The maximum absolute atomic E-state index is 11.4. The topological polar surface area (TPSA) is 186 Å². The molecule has 230 valence electrons. The van der Waals surface area contributed by atoms with Crippen molar-refractivity contribution in [3.8, 4) is 0 Å². The van der Waals surface area contributed by atoms with Gasteiger partial charge in [-0.1, -0.05) is 88.6 Å². The van der Waals surface area contributed by atoms with Crippen molar-refractivity contribution in [3.63, 3.8) is 0 Å². The van der Waals surface area contributed by atoms with Gasteiger partial charge in [0.05, 0.1) is 33.0 Å². The number of hydrogen-bond acceptors (Lipinski definition) is 7. The lowest BCUT2D eigenvalue weighted by atomic mass is 9.88. The van der Waals surface area contributed by atoms with E-state index in [0.717, 1.165) is 22.8 Å². The van der Waals surface area contributed by atoms with Gasteiger partial charge in [-0.2, -0.15) is 0 Å². The van der Waals surface area contributed by atoms with Gasteiger partial charge in [-0.3, -0.25) is 0 Å². The molecular formula is C33H23ClN4O8. The van der Waals surface area contributed by atoms with Gasteiger partial charge in [-0.05, 0) is 22.9 Å². The molecule has 1 aliphatic rings. The number of quaternary nitrogens is 1. The second-order valence-electron chi connectivity index (χ2n) is 9.54. The number of rotatable bonds is 7. The summed E-state index contributed by atoms with van der Waals surface area (Å²) in [5.41, 5.74) is -0.626. The Labute approximate surface area is 266 Å². The van der Waals surface area contributed by atoms with Crippen molar-refractivity contribution in [1.29, 1.82) is 0 Å². The lowest BCUT2D eigenvalue weighted by Crippen LogP contribution is -3.00. The second-order valence-corrected chi connectivity index (χ2v) is 9.54. The summed E-state index contributed by atoms with van der Waals surface area (Å²) >= 11 is 0. The van der Waals surface area contributed by atoms with Gasteiger partial charge in [0.1, 0.15) is 0 Å². The number of hydrogen-bond donors (Lipinski definition) is 4. The summed E-state index contributed by atoms with van der Waals surface area (Å²) in [6.45, 7) is 0. The number of carbonyl (C=O) groups is 4. The van der Waals surface area contributed by atoms with Gasteiger partial charge in [0.2, 0.25) is 0 Å². The lowest BCUT2D eigenvalue weighted by Gasteiger charge is -2.26. The highest BCUT2D eigenvalue weighted by atomic mass is 35.5. The molecule has 0 bridgehead atoms. The Bertz CT molecular complexity index is 1910. The van der Waals surface area contributed by atoms with Gasteiger partial charge in [-0.25, -0.2) is 19.2 Å². The summed E-state index contributed by atoms with van der Waals surface area (Å²) in [4.78, 5) is 45.5. The van der Waals surface area contributed by atoms with E-state index < -0.39 is 46.1 Å². The van der Waals surface area contributed by atoms with Crippen LogP contribution in [0, 0.1) is 0 Å². The van der Waals surface area contributed by atoms with Crippen molar-refractivity contribution in [1.82, 2.24) is 4.59 Å². The zero-order chi connectivity index (χ0) is 32.1. The van der Waals surface area contributed by atoms with E-state index in [4.69, 9.17) is 0 Å². The molecular weight excluding hydrogens is 616 g/mol. The molecule has 4 N–H and O–H groups in total. The van der Waals surface area contributed by atoms with Crippen molar-refractivity contribution in [2.45, 2.75) is 0 Å². The van der Waals surface area contributed by atoms with Crippen molar-refractivity contribution >= 4 is 51.9 Å². The minimum Gasteiger partial charge on any atom is -1.00 e. The first-order chi connectivity index (χ1) is 21.7. The van der Waals surface area contributed by atoms with Gasteiger partial charge in [0.15, 0.2) is 11.4 Å². The summed E-state index contributed by atoms with van der Waals surface area (Å²) in [5, 5.41) is 49.5.